The zero-order valence-electron chi connectivity index (χ0n) is 16.7. The lowest BCUT2D eigenvalue weighted by molar-refractivity contribution is 0.122. The molecule has 0 atom stereocenters. The van der Waals surface area contributed by atoms with Crippen LogP contribution in [0.5, 0.6) is 0 Å². The summed E-state index contributed by atoms with van der Waals surface area (Å²) < 4.78 is 28.9. The lowest BCUT2D eigenvalue weighted by Crippen LogP contribution is -2.36. The van der Waals surface area contributed by atoms with E-state index in [-0.39, 0.29) is 0 Å². The number of sulfone groups is 1. The molecule has 148 valence electrons. The normalized spacial score (nSPS) is 16.0. The van der Waals surface area contributed by atoms with Crippen molar-refractivity contribution < 1.29 is 13.2 Å². The highest BCUT2D eigenvalue weighted by Crippen LogP contribution is 2.19. The lowest BCUT2D eigenvalue weighted by atomic mass is 10.1. The summed E-state index contributed by atoms with van der Waals surface area (Å²) in [6.07, 6.45) is 6.35. The Kier molecular flexibility index (Phi) is 7.96. The quantitative estimate of drug-likeness (QED) is 0.601. The Morgan fingerprint density at radius 2 is 1.50 bits per heavy atom. The van der Waals surface area contributed by atoms with Crippen LogP contribution in [0.2, 0.25) is 0 Å². The third kappa shape index (κ3) is 6.58. The Balaban J connectivity index is 1.60. The molecule has 0 saturated carbocycles. The van der Waals surface area contributed by atoms with Crippen molar-refractivity contribution in [1.29, 1.82) is 0 Å². The van der Waals surface area contributed by atoms with Gasteiger partial charge in [0.2, 0.25) is 0 Å². The maximum absolute atomic E-state index is 12.1. The maximum Gasteiger partial charge on any atom is 0.155 e. The van der Waals surface area contributed by atoms with E-state index < -0.39 is 14.6 Å². The highest BCUT2D eigenvalue weighted by molar-refractivity contribution is 7.92. The molecule has 4 nitrogen and oxygen atoms in total. The highest BCUT2D eigenvalue weighted by Gasteiger charge is 2.27. The number of aryl methyl sites for hydroxylation is 1. The van der Waals surface area contributed by atoms with Crippen LogP contribution in [-0.4, -0.2) is 45.2 Å². The van der Waals surface area contributed by atoms with E-state index in [9.17, 15) is 8.42 Å². The summed E-state index contributed by atoms with van der Waals surface area (Å²) in [5.74, 6) is 0.319. The van der Waals surface area contributed by atoms with Crippen molar-refractivity contribution in [2.24, 2.45) is 0 Å². The Labute approximate surface area is 159 Å². The van der Waals surface area contributed by atoms with E-state index in [4.69, 9.17) is 4.74 Å². The van der Waals surface area contributed by atoms with Crippen molar-refractivity contribution in [2.45, 2.75) is 64.0 Å². The Morgan fingerprint density at radius 1 is 0.923 bits per heavy atom. The van der Waals surface area contributed by atoms with Gasteiger partial charge in [0.25, 0.3) is 0 Å². The zero-order chi connectivity index (χ0) is 19.0. The molecule has 1 heterocycles. The average molecular weight is 382 g/mol. The SMILES string of the molecule is CC(C)(C)S(=O)(=O)CCCCCCCc1ccc(N2CCOCC2)cc1. The summed E-state index contributed by atoms with van der Waals surface area (Å²) in [4.78, 5) is 2.37. The molecule has 26 heavy (non-hydrogen) atoms. The first kappa shape index (κ1) is 21.2. The number of hydrogen-bond acceptors (Lipinski definition) is 4. The van der Waals surface area contributed by atoms with Crippen molar-refractivity contribution >= 4 is 15.5 Å². The zero-order valence-corrected chi connectivity index (χ0v) is 17.5. The molecule has 0 bridgehead atoms. The van der Waals surface area contributed by atoms with Crippen LogP contribution in [0, 0.1) is 0 Å². The molecule has 0 radical (unpaired) electrons. The molecule has 0 unspecified atom stereocenters. The first-order chi connectivity index (χ1) is 12.3. The summed E-state index contributed by atoms with van der Waals surface area (Å²) in [5, 5.41) is 0. The molecule has 5 heteroatoms. The first-order valence-electron chi connectivity index (χ1n) is 9.93. The van der Waals surface area contributed by atoms with E-state index in [1.807, 2.05) is 0 Å². The monoisotopic (exact) mass is 381 g/mol. The van der Waals surface area contributed by atoms with E-state index >= 15 is 0 Å². The van der Waals surface area contributed by atoms with Crippen LogP contribution in [0.1, 0.15) is 58.4 Å². The average Bonchev–Trinajstić information content (AvgIpc) is 2.61. The molecule has 1 aliphatic heterocycles. The fourth-order valence-corrected chi connectivity index (χ4v) is 4.35. The number of nitrogens with zero attached hydrogens (tertiary/aromatic N) is 1. The number of ether oxygens (including phenoxy) is 1. The lowest BCUT2D eigenvalue weighted by Gasteiger charge is -2.28. The molecule has 0 amide bonds. The van der Waals surface area contributed by atoms with Gasteiger partial charge in [-0.15, -0.1) is 0 Å². The molecule has 0 N–H and O–H groups in total. The molecule has 2 rings (SSSR count). The third-order valence-electron chi connectivity index (χ3n) is 5.12. The van der Waals surface area contributed by atoms with Crippen molar-refractivity contribution in [3.63, 3.8) is 0 Å². The standard InChI is InChI=1S/C21H35NO3S/c1-21(2,3)26(23,24)18-8-6-4-5-7-9-19-10-12-20(13-11-19)22-14-16-25-17-15-22/h10-13H,4-9,14-18H2,1-3H3. The molecular formula is C21H35NO3S. The van der Waals surface area contributed by atoms with Gasteiger partial charge in [-0.25, -0.2) is 8.42 Å². The first-order valence-corrected chi connectivity index (χ1v) is 11.6. The van der Waals surface area contributed by atoms with E-state index in [1.165, 1.54) is 24.1 Å². The fraction of sp³-hybridized carbons (Fsp3) is 0.714. The molecule has 1 aromatic rings. The summed E-state index contributed by atoms with van der Waals surface area (Å²) >= 11 is 0. The third-order valence-corrected chi connectivity index (χ3v) is 7.82. The minimum Gasteiger partial charge on any atom is -0.378 e. The van der Waals surface area contributed by atoms with Crippen LogP contribution in [0.4, 0.5) is 5.69 Å². The maximum atomic E-state index is 12.1. The summed E-state index contributed by atoms with van der Waals surface area (Å²) in [6.45, 7) is 8.94. The van der Waals surface area contributed by atoms with Crippen molar-refractivity contribution in [3.8, 4) is 0 Å². The predicted octanol–water partition coefficient (Wildman–Crippen LogP) is 4.23. The van der Waals surface area contributed by atoms with E-state index in [0.717, 1.165) is 52.0 Å². The van der Waals surface area contributed by atoms with Crippen molar-refractivity contribution in [3.05, 3.63) is 29.8 Å². The topological polar surface area (TPSA) is 46.6 Å². The second-order valence-corrected chi connectivity index (χ2v) is 11.1. The van der Waals surface area contributed by atoms with Gasteiger partial charge in [-0.3, -0.25) is 0 Å². The molecule has 0 aliphatic carbocycles. The van der Waals surface area contributed by atoms with E-state index in [2.05, 4.69) is 29.2 Å². The number of morpholine rings is 1. The van der Waals surface area contributed by atoms with Crippen molar-refractivity contribution in [2.75, 3.05) is 37.0 Å². The summed E-state index contributed by atoms with van der Waals surface area (Å²) in [5.41, 5.74) is 2.68. The van der Waals surface area contributed by atoms with Gasteiger partial charge in [0.1, 0.15) is 0 Å². The van der Waals surface area contributed by atoms with Gasteiger partial charge in [0.15, 0.2) is 9.84 Å². The Hall–Kier alpha value is -1.07. The van der Waals surface area contributed by atoms with Gasteiger partial charge in [-0.2, -0.15) is 0 Å². The Bertz CT molecular complexity index is 626. The van der Waals surface area contributed by atoms with Crippen molar-refractivity contribution in [1.82, 2.24) is 0 Å². The molecular weight excluding hydrogens is 346 g/mol. The second kappa shape index (κ2) is 9.75. The largest absolute Gasteiger partial charge is 0.378 e. The van der Waals surface area contributed by atoms with Crippen LogP contribution in [0.25, 0.3) is 0 Å². The van der Waals surface area contributed by atoms with E-state index in [0.29, 0.717) is 5.75 Å². The number of anilines is 1. The van der Waals surface area contributed by atoms with Crippen LogP contribution >= 0.6 is 0 Å². The minimum absolute atomic E-state index is 0.319. The van der Waals surface area contributed by atoms with Gasteiger partial charge in [-0.1, -0.05) is 31.4 Å². The van der Waals surface area contributed by atoms with Gasteiger partial charge in [-0.05, 0) is 57.7 Å². The van der Waals surface area contributed by atoms with Gasteiger partial charge in [0.05, 0.1) is 23.7 Å². The fourth-order valence-electron chi connectivity index (χ4n) is 3.15. The molecule has 1 aliphatic rings. The van der Waals surface area contributed by atoms with Crippen LogP contribution in [0.3, 0.4) is 0 Å². The Morgan fingerprint density at radius 3 is 2.12 bits per heavy atom. The van der Waals surface area contributed by atoms with Gasteiger partial charge in [0, 0.05) is 18.8 Å². The molecule has 0 spiro atoms. The molecule has 0 aromatic heterocycles. The smallest absolute Gasteiger partial charge is 0.155 e. The minimum atomic E-state index is -2.96. The van der Waals surface area contributed by atoms with Gasteiger partial charge < -0.3 is 9.64 Å². The number of hydrogen-bond donors (Lipinski definition) is 0. The van der Waals surface area contributed by atoms with Crippen LogP contribution in [-0.2, 0) is 21.0 Å². The van der Waals surface area contributed by atoms with Gasteiger partial charge >= 0.3 is 0 Å². The summed E-state index contributed by atoms with van der Waals surface area (Å²) in [7, 11) is -2.96. The second-order valence-electron chi connectivity index (χ2n) is 8.21. The molecule has 1 aromatic carbocycles. The van der Waals surface area contributed by atoms with E-state index in [1.54, 1.807) is 20.8 Å². The van der Waals surface area contributed by atoms with Crippen LogP contribution in [0.15, 0.2) is 24.3 Å². The molecule has 1 fully saturated rings. The number of rotatable bonds is 9. The number of benzene rings is 1. The summed E-state index contributed by atoms with van der Waals surface area (Å²) in [6, 6.07) is 8.91. The van der Waals surface area contributed by atoms with Crippen LogP contribution < -0.4 is 4.90 Å². The number of unbranched alkanes of at least 4 members (excludes halogenated alkanes) is 4. The molecule has 1 saturated heterocycles. The predicted molar refractivity (Wildman–Crippen MR) is 110 cm³/mol. The highest BCUT2D eigenvalue weighted by atomic mass is 32.2.